The molecule has 0 aromatic heterocycles. The average Bonchev–Trinajstić information content (AvgIpc) is 4.01. The zero-order valence-corrected chi connectivity index (χ0v) is 41.0. The van der Waals surface area contributed by atoms with Crippen molar-refractivity contribution in [2.24, 2.45) is 0 Å². The highest BCUT2D eigenvalue weighted by Crippen LogP contribution is 2.65. The molecule has 4 aliphatic rings. The van der Waals surface area contributed by atoms with E-state index >= 15 is 0 Å². The molecule has 1 heteroatoms. The quantitative estimate of drug-likeness (QED) is 0.161. The minimum atomic E-state index is -0.509. The van der Waals surface area contributed by atoms with Crippen molar-refractivity contribution in [2.45, 2.75) is 37.0 Å². The molecule has 0 saturated heterocycles. The maximum atomic E-state index is 2.53. The Hall–Kier alpha value is -8.78. The van der Waals surface area contributed by atoms with Gasteiger partial charge in [-0.25, -0.2) is 0 Å². The van der Waals surface area contributed by atoms with Crippen LogP contribution in [0.1, 0.15) is 69.8 Å². The molecule has 73 heavy (non-hydrogen) atoms. The average molecular weight is 930 g/mol. The second kappa shape index (κ2) is 15.9. The molecule has 1 unspecified atom stereocenters. The van der Waals surface area contributed by atoms with Gasteiger partial charge in [0.15, 0.2) is 0 Å². The van der Waals surface area contributed by atoms with Crippen LogP contribution < -0.4 is 4.90 Å². The Kier molecular flexibility index (Phi) is 9.11. The van der Waals surface area contributed by atoms with E-state index < -0.39 is 5.41 Å². The number of benzene rings is 11. The number of rotatable bonds is 6. The van der Waals surface area contributed by atoms with Crippen molar-refractivity contribution in [1.82, 2.24) is 0 Å². The summed E-state index contributed by atoms with van der Waals surface area (Å²) >= 11 is 0. The fraction of sp³-hybridized carbons (Fsp3) is 0.0833. The van der Waals surface area contributed by atoms with Crippen molar-refractivity contribution in [2.75, 3.05) is 4.90 Å². The topological polar surface area (TPSA) is 3.24 Å². The van der Waals surface area contributed by atoms with E-state index in [9.17, 15) is 0 Å². The maximum absolute atomic E-state index is 2.53. The Balaban J connectivity index is 0.888. The summed E-state index contributed by atoms with van der Waals surface area (Å²) in [6.45, 7) is 4.76. The Morgan fingerprint density at radius 3 is 1.52 bits per heavy atom. The molecule has 15 rings (SSSR count). The van der Waals surface area contributed by atoms with Crippen LogP contribution in [0.25, 0.3) is 66.8 Å². The number of hydrogen-bond acceptors (Lipinski definition) is 1. The molecule has 11 aromatic rings. The van der Waals surface area contributed by atoms with Gasteiger partial charge in [0.05, 0.1) is 5.41 Å². The Morgan fingerprint density at radius 1 is 0.329 bits per heavy atom. The fourth-order valence-corrected chi connectivity index (χ4v) is 13.8. The van der Waals surface area contributed by atoms with E-state index in [0.29, 0.717) is 5.92 Å². The molecule has 1 nitrogen and oxygen atoms in total. The van der Waals surface area contributed by atoms with Crippen molar-refractivity contribution in [3.63, 3.8) is 0 Å². The molecule has 0 amide bonds. The molecule has 11 aromatic carbocycles. The molecule has 0 bridgehead atoms. The first-order chi connectivity index (χ1) is 36.0. The molecule has 4 aliphatic carbocycles. The van der Waals surface area contributed by atoms with Gasteiger partial charge in [0.2, 0.25) is 0 Å². The predicted molar refractivity (Wildman–Crippen MR) is 303 cm³/mol. The van der Waals surface area contributed by atoms with Crippen LogP contribution in [0, 0.1) is 0 Å². The van der Waals surface area contributed by atoms with E-state index in [1.54, 1.807) is 0 Å². The smallest absolute Gasteiger partial charge is 0.0726 e. The largest absolute Gasteiger partial charge is 0.310 e. The normalized spacial score (nSPS) is 15.3. The zero-order valence-electron chi connectivity index (χ0n) is 41.0. The number of nitrogens with zero attached hydrogens (tertiary/aromatic N) is 1. The van der Waals surface area contributed by atoms with Gasteiger partial charge in [-0.3, -0.25) is 0 Å². The molecule has 0 aliphatic heterocycles. The second-order valence-electron chi connectivity index (χ2n) is 21.1. The highest BCUT2D eigenvalue weighted by Gasteiger charge is 2.52. The predicted octanol–water partition coefficient (Wildman–Crippen LogP) is 18.5. The van der Waals surface area contributed by atoms with E-state index in [1.165, 1.54) is 117 Å². The van der Waals surface area contributed by atoms with Gasteiger partial charge in [0, 0.05) is 28.4 Å². The molecule has 0 fully saturated rings. The van der Waals surface area contributed by atoms with Gasteiger partial charge in [0.1, 0.15) is 0 Å². The molecule has 1 atom stereocenters. The number of hydrogen-bond donors (Lipinski definition) is 0. The van der Waals surface area contributed by atoms with E-state index in [0.717, 1.165) is 23.5 Å². The van der Waals surface area contributed by atoms with Crippen LogP contribution in [0.5, 0.6) is 0 Å². The van der Waals surface area contributed by atoms with Crippen molar-refractivity contribution in [1.29, 1.82) is 0 Å². The fourth-order valence-electron chi connectivity index (χ4n) is 13.8. The summed E-state index contributed by atoms with van der Waals surface area (Å²) in [6, 6.07) is 96.2. The summed E-state index contributed by atoms with van der Waals surface area (Å²) in [5.41, 5.74) is 30.5. The highest BCUT2D eigenvalue weighted by molar-refractivity contribution is 6.01. The van der Waals surface area contributed by atoms with Gasteiger partial charge in [-0.1, -0.05) is 232 Å². The van der Waals surface area contributed by atoms with E-state index in [4.69, 9.17) is 0 Å². The first-order valence-corrected chi connectivity index (χ1v) is 25.9. The molecular formula is C72H51N. The van der Waals surface area contributed by atoms with Crippen LogP contribution >= 0.6 is 0 Å². The van der Waals surface area contributed by atoms with Crippen LogP contribution in [0.15, 0.2) is 255 Å². The second-order valence-corrected chi connectivity index (χ2v) is 21.1. The van der Waals surface area contributed by atoms with Crippen LogP contribution in [0.2, 0.25) is 0 Å². The van der Waals surface area contributed by atoms with E-state index in [1.807, 2.05) is 0 Å². The summed E-state index contributed by atoms with van der Waals surface area (Å²) in [7, 11) is 0. The Bertz CT molecular complexity index is 3980. The van der Waals surface area contributed by atoms with Crippen molar-refractivity contribution in [3.8, 4) is 66.8 Å². The van der Waals surface area contributed by atoms with Gasteiger partial charge >= 0.3 is 0 Å². The lowest BCUT2D eigenvalue weighted by Crippen LogP contribution is -2.26. The molecule has 344 valence electrons. The maximum Gasteiger partial charge on any atom is 0.0726 e. The summed E-state index contributed by atoms with van der Waals surface area (Å²) in [5.74, 6) is 0.316. The summed E-state index contributed by atoms with van der Waals surface area (Å²) in [4.78, 5) is 2.51. The minimum absolute atomic E-state index is 0.151. The van der Waals surface area contributed by atoms with E-state index in [2.05, 4.69) is 274 Å². The molecule has 0 saturated carbocycles. The third kappa shape index (κ3) is 6.03. The monoisotopic (exact) mass is 929 g/mol. The lowest BCUT2D eigenvalue weighted by Gasteiger charge is -2.32. The molecule has 0 heterocycles. The van der Waals surface area contributed by atoms with Crippen LogP contribution in [-0.4, -0.2) is 0 Å². The highest BCUT2D eigenvalue weighted by atomic mass is 15.1. The van der Waals surface area contributed by atoms with Gasteiger partial charge in [-0.2, -0.15) is 0 Å². The third-order valence-electron chi connectivity index (χ3n) is 17.1. The van der Waals surface area contributed by atoms with Gasteiger partial charge in [0.25, 0.3) is 0 Å². The lowest BCUT2D eigenvalue weighted by molar-refractivity contribution is 0.660. The van der Waals surface area contributed by atoms with Gasteiger partial charge in [-0.15, -0.1) is 0 Å². The number of fused-ring (bicyclic) bond motifs is 16. The van der Waals surface area contributed by atoms with Crippen molar-refractivity contribution >= 4 is 17.1 Å². The van der Waals surface area contributed by atoms with Crippen LogP contribution in [0.3, 0.4) is 0 Å². The molecule has 1 spiro atoms. The first kappa shape index (κ1) is 42.0. The minimum Gasteiger partial charge on any atom is -0.310 e. The summed E-state index contributed by atoms with van der Waals surface area (Å²) in [5, 5.41) is 0. The van der Waals surface area contributed by atoms with Crippen molar-refractivity contribution < 1.29 is 0 Å². The number of anilines is 3. The Labute approximate surface area is 428 Å². The lowest BCUT2D eigenvalue weighted by atomic mass is 9.70. The molecular weight excluding hydrogens is 879 g/mol. The molecule has 0 N–H and O–H groups in total. The Morgan fingerprint density at radius 2 is 0.822 bits per heavy atom. The molecule has 0 radical (unpaired) electrons. The van der Waals surface area contributed by atoms with Crippen molar-refractivity contribution in [3.05, 3.63) is 305 Å². The first-order valence-electron chi connectivity index (χ1n) is 25.9. The van der Waals surface area contributed by atoms with Gasteiger partial charge in [-0.05, 0) is 160 Å². The standard InChI is InChI=1S/C72H51N/c1-71(2)64-27-13-10-23-58(64)61-41-39-52(44-68(61)71)73(51-37-35-47(36-38-51)46-31-33-49(34-32-46)63-43-50-19-6-7-20-54(50)56-21-8-9-22-57(56)63)53-40-42-62-69(45-53)72(65-28-14-11-24-59(65)60-25-12-15-29-66(60)72)67-30-16-26-55(70(62)67)48-17-4-3-5-18-48/h3-42,44-45,63H,43H2,1-2H3. The van der Waals surface area contributed by atoms with Crippen LogP contribution in [0.4, 0.5) is 17.1 Å². The zero-order chi connectivity index (χ0) is 48.4. The summed E-state index contributed by atoms with van der Waals surface area (Å²) in [6.07, 6.45) is 1.01. The van der Waals surface area contributed by atoms with Crippen LogP contribution in [-0.2, 0) is 17.3 Å². The third-order valence-corrected chi connectivity index (χ3v) is 17.1. The summed E-state index contributed by atoms with van der Waals surface area (Å²) < 4.78 is 0. The van der Waals surface area contributed by atoms with Gasteiger partial charge < -0.3 is 4.90 Å². The SMILES string of the molecule is CC1(C)c2ccccc2-c2ccc(N(c3ccc(-c4ccc(C5Cc6ccccc6-c6ccccc65)cc4)cc3)c3ccc4c(c3)C3(c5ccccc5-c5ccccc53)c3cccc(-c5ccccc5)c3-4)cc21. The van der Waals surface area contributed by atoms with E-state index in [-0.39, 0.29) is 5.41 Å².